The van der Waals surface area contributed by atoms with Gasteiger partial charge in [-0.15, -0.1) is 22.7 Å². The maximum atomic E-state index is 11.9. The molecule has 0 aromatic carbocycles. The maximum absolute atomic E-state index is 11.9. The Morgan fingerprint density at radius 2 is 2.26 bits per heavy atom. The van der Waals surface area contributed by atoms with Crippen molar-refractivity contribution in [1.82, 2.24) is 10.3 Å². The number of nitrogens with one attached hydrogen (secondary N) is 1. The molecule has 5 nitrogen and oxygen atoms in total. The quantitative estimate of drug-likeness (QED) is 0.887. The van der Waals surface area contributed by atoms with E-state index in [1.54, 1.807) is 0 Å². The molecular formula is C12H12N2O3S2. The highest BCUT2D eigenvalue weighted by Crippen LogP contribution is 2.20. The molecule has 0 aliphatic heterocycles. The lowest BCUT2D eigenvalue weighted by Crippen LogP contribution is -2.27. The van der Waals surface area contributed by atoms with Crippen molar-refractivity contribution in [2.75, 3.05) is 0 Å². The molecule has 0 fully saturated rings. The average molecular weight is 296 g/mol. The predicted molar refractivity (Wildman–Crippen MR) is 73.7 cm³/mol. The van der Waals surface area contributed by atoms with Crippen molar-refractivity contribution in [2.24, 2.45) is 0 Å². The van der Waals surface area contributed by atoms with E-state index in [1.807, 2.05) is 24.4 Å². The second-order valence-electron chi connectivity index (χ2n) is 3.89. The van der Waals surface area contributed by atoms with E-state index in [4.69, 9.17) is 5.11 Å². The predicted octanol–water partition coefficient (Wildman–Crippen LogP) is 2.32. The van der Waals surface area contributed by atoms with Gasteiger partial charge >= 0.3 is 5.97 Å². The van der Waals surface area contributed by atoms with Crippen LogP contribution in [-0.2, 0) is 11.3 Å². The van der Waals surface area contributed by atoms with Crippen LogP contribution >= 0.6 is 22.7 Å². The molecular weight excluding hydrogens is 284 g/mol. The molecule has 100 valence electrons. The molecule has 0 aliphatic carbocycles. The van der Waals surface area contributed by atoms with E-state index in [9.17, 15) is 9.59 Å². The highest BCUT2D eigenvalue weighted by molar-refractivity contribution is 7.10. The van der Waals surface area contributed by atoms with Gasteiger partial charge in [-0.2, -0.15) is 0 Å². The van der Waals surface area contributed by atoms with E-state index >= 15 is 0 Å². The first-order valence-electron chi connectivity index (χ1n) is 5.56. The van der Waals surface area contributed by atoms with Crippen molar-refractivity contribution in [3.8, 4) is 0 Å². The van der Waals surface area contributed by atoms with Crippen molar-refractivity contribution in [3.05, 3.63) is 38.5 Å². The summed E-state index contributed by atoms with van der Waals surface area (Å²) in [5.41, 5.74) is 0.0144. The number of rotatable bonds is 5. The van der Waals surface area contributed by atoms with Gasteiger partial charge in [-0.1, -0.05) is 6.07 Å². The number of hydrogen-bond donors (Lipinski definition) is 2. The zero-order valence-corrected chi connectivity index (χ0v) is 11.8. The number of carboxylic acid groups (broad SMARTS) is 1. The van der Waals surface area contributed by atoms with Crippen molar-refractivity contribution >= 4 is 34.6 Å². The van der Waals surface area contributed by atoms with Crippen molar-refractivity contribution in [3.63, 3.8) is 0 Å². The van der Waals surface area contributed by atoms with Gasteiger partial charge in [-0.05, 0) is 18.4 Å². The second-order valence-corrected chi connectivity index (χ2v) is 5.81. The minimum absolute atomic E-state index is 0.0144. The lowest BCUT2D eigenvalue weighted by atomic mass is 10.1. The van der Waals surface area contributed by atoms with Crippen LogP contribution in [0.2, 0.25) is 0 Å². The fourth-order valence-corrected chi connectivity index (χ4v) is 2.96. The van der Waals surface area contributed by atoms with Crippen LogP contribution in [0.1, 0.15) is 33.2 Å². The summed E-state index contributed by atoms with van der Waals surface area (Å²) in [5, 5.41) is 15.5. The molecule has 2 aromatic heterocycles. The first-order chi connectivity index (χ1) is 9.08. The molecule has 2 rings (SSSR count). The molecule has 7 heteroatoms. The van der Waals surface area contributed by atoms with E-state index in [0.29, 0.717) is 5.01 Å². The molecule has 1 unspecified atom stereocenters. The summed E-state index contributed by atoms with van der Waals surface area (Å²) in [6, 6.07) is 3.82. The molecule has 19 heavy (non-hydrogen) atoms. The highest BCUT2D eigenvalue weighted by Gasteiger charge is 2.16. The van der Waals surface area contributed by atoms with Crippen LogP contribution in [0.5, 0.6) is 0 Å². The zero-order valence-electron chi connectivity index (χ0n) is 10.1. The third-order valence-corrected chi connectivity index (χ3v) is 4.45. The van der Waals surface area contributed by atoms with E-state index < -0.39 is 5.97 Å². The van der Waals surface area contributed by atoms with Crippen molar-refractivity contribution < 1.29 is 14.7 Å². The van der Waals surface area contributed by atoms with Crippen LogP contribution in [0.3, 0.4) is 0 Å². The highest BCUT2D eigenvalue weighted by atomic mass is 32.1. The molecule has 1 atom stereocenters. The van der Waals surface area contributed by atoms with Crippen LogP contribution in [0.15, 0.2) is 22.9 Å². The van der Waals surface area contributed by atoms with Gasteiger partial charge in [0.25, 0.3) is 0 Å². The number of nitrogens with zero attached hydrogens (tertiary/aromatic N) is 1. The SMILES string of the molecule is CC(C(=O)NCc1nc(C(=O)O)cs1)c1cccs1. The summed E-state index contributed by atoms with van der Waals surface area (Å²) in [5.74, 6) is -1.35. The number of carbonyl (C=O) groups excluding carboxylic acids is 1. The van der Waals surface area contributed by atoms with Crippen LogP contribution in [0.4, 0.5) is 0 Å². The normalized spacial score (nSPS) is 12.1. The van der Waals surface area contributed by atoms with E-state index in [1.165, 1.54) is 28.1 Å². The first kappa shape index (κ1) is 13.7. The molecule has 1 amide bonds. The van der Waals surface area contributed by atoms with Crippen LogP contribution in [-0.4, -0.2) is 22.0 Å². The molecule has 0 radical (unpaired) electrons. The molecule has 0 saturated carbocycles. The van der Waals surface area contributed by atoms with Crippen LogP contribution in [0.25, 0.3) is 0 Å². The van der Waals surface area contributed by atoms with Gasteiger partial charge in [0.05, 0.1) is 12.5 Å². The minimum Gasteiger partial charge on any atom is -0.476 e. The van der Waals surface area contributed by atoms with E-state index in [-0.39, 0.29) is 24.1 Å². The summed E-state index contributed by atoms with van der Waals surface area (Å²) in [4.78, 5) is 27.5. The maximum Gasteiger partial charge on any atom is 0.355 e. The van der Waals surface area contributed by atoms with Gasteiger partial charge in [-0.25, -0.2) is 9.78 Å². The molecule has 2 N–H and O–H groups in total. The fraction of sp³-hybridized carbons (Fsp3) is 0.250. The van der Waals surface area contributed by atoms with E-state index in [2.05, 4.69) is 10.3 Å². The third kappa shape index (κ3) is 3.39. The Labute approximate surface area is 117 Å². The Kier molecular flexibility index (Phi) is 4.28. The van der Waals surface area contributed by atoms with Crippen molar-refractivity contribution in [2.45, 2.75) is 19.4 Å². The number of hydrogen-bond acceptors (Lipinski definition) is 5. The molecule has 2 heterocycles. The summed E-state index contributed by atoms with van der Waals surface area (Å²) in [6.45, 7) is 2.10. The largest absolute Gasteiger partial charge is 0.476 e. The smallest absolute Gasteiger partial charge is 0.355 e. The Bertz CT molecular complexity index is 578. The molecule has 2 aromatic rings. The summed E-state index contributed by atoms with van der Waals surface area (Å²) >= 11 is 2.76. The topological polar surface area (TPSA) is 79.3 Å². The Morgan fingerprint density at radius 1 is 1.47 bits per heavy atom. The van der Waals surface area contributed by atoms with Gasteiger partial charge in [0.15, 0.2) is 5.69 Å². The fourth-order valence-electron chi connectivity index (χ4n) is 1.47. The number of amides is 1. The van der Waals surface area contributed by atoms with E-state index in [0.717, 1.165) is 4.88 Å². The first-order valence-corrected chi connectivity index (χ1v) is 7.32. The summed E-state index contributed by atoms with van der Waals surface area (Å²) in [7, 11) is 0. The lowest BCUT2D eigenvalue weighted by molar-refractivity contribution is -0.122. The Hall–Kier alpha value is -1.73. The van der Waals surface area contributed by atoms with Gasteiger partial charge in [0.2, 0.25) is 5.91 Å². The lowest BCUT2D eigenvalue weighted by Gasteiger charge is -2.09. The molecule has 0 spiro atoms. The Morgan fingerprint density at radius 3 is 2.84 bits per heavy atom. The van der Waals surface area contributed by atoms with Crippen LogP contribution < -0.4 is 5.32 Å². The number of aromatic carboxylic acids is 1. The molecule has 0 bridgehead atoms. The molecule has 0 aliphatic rings. The molecule has 0 saturated heterocycles. The van der Waals surface area contributed by atoms with Gasteiger partial charge in [0.1, 0.15) is 5.01 Å². The second kappa shape index (κ2) is 5.94. The number of thiazole rings is 1. The summed E-state index contributed by atoms with van der Waals surface area (Å²) < 4.78 is 0. The number of aromatic nitrogens is 1. The van der Waals surface area contributed by atoms with Gasteiger partial charge in [-0.3, -0.25) is 4.79 Å². The average Bonchev–Trinajstić information content (AvgIpc) is 3.05. The number of carboxylic acids is 1. The van der Waals surface area contributed by atoms with Crippen LogP contribution in [0, 0.1) is 0 Å². The van der Waals surface area contributed by atoms with Crippen molar-refractivity contribution in [1.29, 1.82) is 0 Å². The number of thiophene rings is 1. The third-order valence-electron chi connectivity index (χ3n) is 2.55. The summed E-state index contributed by atoms with van der Waals surface area (Å²) in [6.07, 6.45) is 0. The monoisotopic (exact) mass is 296 g/mol. The standard InChI is InChI=1S/C12H12N2O3S2/c1-7(9-3-2-4-18-9)11(15)13-5-10-14-8(6-19-10)12(16)17/h2-4,6-7H,5H2,1H3,(H,13,15)(H,16,17). The zero-order chi connectivity index (χ0) is 13.8. The van der Waals surface area contributed by atoms with Gasteiger partial charge < -0.3 is 10.4 Å². The number of carbonyl (C=O) groups is 2. The Balaban J connectivity index is 1.91. The van der Waals surface area contributed by atoms with Gasteiger partial charge in [0, 0.05) is 10.3 Å². The minimum atomic E-state index is -1.05.